The number of hydrogen-bond acceptors (Lipinski definition) is 4. The molecule has 148 valence electrons. The third kappa shape index (κ3) is 4.01. The van der Waals surface area contributed by atoms with Crippen LogP contribution in [0.5, 0.6) is 17.2 Å². The van der Waals surface area contributed by atoms with Gasteiger partial charge >= 0.3 is 0 Å². The first kappa shape index (κ1) is 18.5. The molecule has 0 bridgehead atoms. The van der Waals surface area contributed by atoms with E-state index in [2.05, 4.69) is 41.6 Å². The molecule has 2 aliphatic rings. The van der Waals surface area contributed by atoms with Crippen molar-refractivity contribution in [1.29, 1.82) is 0 Å². The molecule has 0 saturated heterocycles. The molecule has 6 nitrogen and oxygen atoms in total. The Kier molecular flexibility index (Phi) is 5.03. The molecule has 28 heavy (non-hydrogen) atoms. The Bertz CT molecular complexity index is 879. The van der Waals surface area contributed by atoms with Crippen LogP contribution in [0, 0.1) is 0 Å². The van der Waals surface area contributed by atoms with E-state index in [4.69, 9.17) is 14.2 Å². The van der Waals surface area contributed by atoms with Crippen LogP contribution in [0.25, 0.3) is 0 Å². The summed E-state index contributed by atoms with van der Waals surface area (Å²) >= 11 is 0. The summed E-state index contributed by atoms with van der Waals surface area (Å²) in [7, 11) is 1.80. The fourth-order valence-corrected chi connectivity index (χ4v) is 3.71. The molecule has 1 atom stereocenters. The van der Waals surface area contributed by atoms with E-state index in [1.54, 1.807) is 7.05 Å². The predicted molar refractivity (Wildman–Crippen MR) is 109 cm³/mol. The second-order valence-electron chi connectivity index (χ2n) is 7.74. The van der Waals surface area contributed by atoms with Crippen molar-refractivity contribution in [3.05, 3.63) is 53.6 Å². The summed E-state index contributed by atoms with van der Waals surface area (Å²) in [6, 6.07) is 14.4. The van der Waals surface area contributed by atoms with Gasteiger partial charge in [0.2, 0.25) is 6.79 Å². The van der Waals surface area contributed by atoms with Gasteiger partial charge in [0.15, 0.2) is 17.5 Å². The van der Waals surface area contributed by atoms with Gasteiger partial charge < -0.3 is 24.8 Å². The van der Waals surface area contributed by atoms with E-state index in [0.29, 0.717) is 6.79 Å². The van der Waals surface area contributed by atoms with E-state index in [9.17, 15) is 0 Å². The molecule has 0 spiro atoms. The first-order valence-corrected chi connectivity index (χ1v) is 9.68. The molecular formula is C22H27N3O3. The fraction of sp³-hybridized carbons (Fsp3) is 0.409. The minimum atomic E-state index is -0.225. The summed E-state index contributed by atoms with van der Waals surface area (Å²) < 4.78 is 16.9. The predicted octanol–water partition coefficient (Wildman–Crippen LogP) is 3.43. The monoisotopic (exact) mass is 381 g/mol. The average Bonchev–Trinajstić information content (AvgIpc) is 3.14. The molecule has 0 amide bonds. The molecule has 0 fully saturated rings. The van der Waals surface area contributed by atoms with Crippen molar-refractivity contribution in [2.75, 3.05) is 20.4 Å². The number of rotatable bonds is 4. The number of nitrogens with one attached hydrogen (secondary N) is 2. The van der Waals surface area contributed by atoms with Crippen LogP contribution in [0.3, 0.4) is 0 Å². The van der Waals surface area contributed by atoms with Gasteiger partial charge in [-0.25, -0.2) is 0 Å². The summed E-state index contributed by atoms with van der Waals surface area (Å²) in [5.41, 5.74) is 2.14. The summed E-state index contributed by atoms with van der Waals surface area (Å²) in [6.07, 6.45) is 1.74. The molecule has 6 heteroatoms. The van der Waals surface area contributed by atoms with Gasteiger partial charge in [-0.15, -0.1) is 0 Å². The third-order valence-electron chi connectivity index (χ3n) is 5.05. The summed E-state index contributed by atoms with van der Waals surface area (Å²) in [6.45, 7) is 5.31. The zero-order valence-corrected chi connectivity index (χ0v) is 16.6. The van der Waals surface area contributed by atoms with Crippen molar-refractivity contribution < 1.29 is 14.2 Å². The maximum absolute atomic E-state index is 6.12. The lowest BCUT2D eigenvalue weighted by Crippen LogP contribution is -2.45. The van der Waals surface area contributed by atoms with E-state index < -0.39 is 0 Å². The number of guanidine groups is 1. The Labute approximate surface area is 165 Å². The largest absolute Gasteiger partial charge is 0.487 e. The number of nitrogens with zero attached hydrogens (tertiary/aromatic N) is 1. The van der Waals surface area contributed by atoms with Gasteiger partial charge in [-0.05, 0) is 44.0 Å². The van der Waals surface area contributed by atoms with Crippen LogP contribution in [-0.4, -0.2) is 31.9 Å². The second kappa shape index (κ2) is 7.62. The highest BCUT2D eigenvalue weighted by molar-refractivity contribution is 5.80. The number of para-hydroxylation sites is 1. The first-order chi connectivity index (χ1) is 13.5. The number of aliphatic imine (C=N–C) groups is 1. The zero-order chi connectivity index (χ0) is 19.6. The van der Waals surface area contributed by atoms with Gasteiger partial charge in [0.1, 0.15) is 11.4 Å². The minimum absolute atomic E-state index is 0.150. The molecule has 2 N–H and O–H groups in total. The van der Waals surface area contributed by atoms with Gasteiger partial charge in [0, 0.05) is 25.6 Å². The molecule has 1 unspecified atom stereocenters. The van der Waals surface area contributed by atoms with Gasteiger partial charge in [0.05, 0.1) is 6.04 Å². The smallest absolute Gasteiger partial charge is 0.231 e. The lowest BCUT2D eigenvalue weighted by molar-refractivity contribution is 0.0694. The van der Waals surface area contributed by atoms with Gasteiger partial charge in [0.25, 0.3) is 0 Å². The first-order valence-electron chi connectivity index (χ1n) is 9.68. The van der Waals surface area contributed by atoms with Crippen molar-refractivity contribution in [2.24, 2.45) is 4.99 Å². The Morgan fingerprint density at radius 3 is 2.79 bits per heavy atom. The normalized spacial score (nSPS) is 19.5. The summed E-state index contributed by atoms with van der Waals surface area (Å²) in [4.78, 5) is 4.40. The molecule has 4 rings (SSSR count). The summed E-state index contributed by atoms with van der Waals surface area (Å²) in [5.74, 6) is 3.36. The van der Waals surface area contributed by atoms with Crippen molar-refractivity contribution in [3.8, 4) is 17.2 Å². The van der Waals surface area contributed by atoms with E-state index >= 15 is 0 Å². The average molecular weight is 381 g/mol. The highest BCUT2D eigenvalue weighted by atomic mass is 16.7. The van der Waals surface area contributed by atoms with Crippen molar-refractivity contribution >= 4 is 5.96 Å². The topological polar surface area (TPSA) is 64.1 Å². The van der Waals surface area contributed by atoms with Crippen LogP contribution in [0.4, 0.5) is 0 Å². The second-order valence-corrected chi connectivity index (χ2v) is 7.74. The zero-order valence-electron chi connectivity index (χ0n) is 16.6. The van der Waals surface area contributed by atoms with Crippen LogP contribution >= 0.6 is 0 Å². The SMILES string of the molecule is CN=C(NCCc1ccc2c(c1)OCO2)NC1CC(C)(C)Oc2ccccc21. The summed E-state index contributed by atoms with van der Waals surface area (Å²) in [5, 5.41) is 6.98. The molecule has 2 aromatic carbocycles. The number of hydrogen-bond donors (Lipinski definition) is 2. The van der Waals surface area contributed by atoms with Gasteiger partial charge in [-0.3, -0.25) is 4.99 Å². The molecule has 0 radical (unpaired) electrons. The minimum Gasteiger partial charge on any atom is -0.487 e. The number of fused-ring (bicyclic) bond motifs is 2. The number of ether oxygens (including phenoxy) is 3. The Morgan fingerprint density at radius 1 is 1.11 bits per heavy atom. The van der Waals surface area contributed by atoms with Crippen LogP contribution in [0.1, 0.15) is 37.4 Å². The molecule has 0 aliphatic carbocycles. The van der Waals surface area contributed by atoms with Gasteiger partial charge in [-0.2, -0.15) is 0 Å². The highest BCUT2D eigenvalue weighted by Gasteiger charge is 2.33. The molecule has 2 aliphatic heterocycles. The Balaban J connectivity index is 1.37. The molecular weight excluding hydrogens is 354 g/mol. The van der Waals surface area contributed by atoms with Crippen LogP contribution in [0.2, 0.25) is 0 Å². The van der Waals surface area contributed by atoms with Crippen LogP contribution < -0.4 is 24.8 Å². The van der Waals surface area contributed by atoms with Crippen molar-refractivity contribution in [3.63, 3.8) is 0 Å². The standard InChI is InChI=1S/C22H27N3O3/c1-22(2)13-17(16-6-4-5-7-18(16)28-22)25-21(23-3)24-11-10-15-8-9-19-20(12-15)27-14-26-19/h4-9,12,17H,10-11,13-14H2,1-3H3,(H2,23,24,25). The Hall–Kier alpha value is -2.89. The fourth-order valence-electron chi connectivity index (χ4n) is 3.71. The van der Waals surface area contributed by atoms with E-state index in [1.807, 2.05) is 30.3 Å². The van der Waals surface area contributed by atoms with Crippen molar-refractivity contribution in [1.82, 2.24) is 10.6 Å². The highest BCUT2D eigenvalue weighted by Crippen LogP contribution is 2.39. The molecule has 2 aromatic rings. The van der Waals surface area contributed by atoms with E-state index in [1.165, 1.54) is 11.1 Å². The molecule has 2 heterocycles. The van der Waals surface area contributed by atoms with Gasteiger partial charge in [-0.1, -0.05) is 24.3 Å². The number of benzene rings is 2. The molecule has 0 saturated carbocycles. The lowest BCUT2D eigenvalue weighted by Gasteiger charge is -2.38. The van der Waals surface area contributed by atoms with E-state index in [0.717, 1.165) is 42.6 Å². The maximum atomic E-state index is 6.12. The Morgan fingerprint density at radius 2 is 1.93 bits per heavy atom. The molecule has 0 aromatic heterocycles. The quantitative estimate of drug-likeness (QED) is 0.628. The maximum Gasteiger partial charge on any atom is 0.231 e. The van der Waals surface area contributed by atoms with Crippen LogP contribution in [0.15, 0.2) is 47.5 Å². The van der Waals surface area contributed by atoms with E-state index in [-0.39, 0.29) is 11.6 Å². The lowest BCUT2D eigenvalue weighted by atomic mass is 9.90. The van der Waals surface area contributed by atoms with Crippen molar-refractivity contribution in [2.45, 2.75) is 38.3 Å². The third-order valence-corrected chi connectivity index (χ3v) is 5.05. The van der Waals surface area contributed by atoms with Crippen LogP contribution in [-0.2, 0) is 6.42 Å².